The maximum Gasteiger partial charge on any atom is 0.117 e. The highest BCUT2D eigenvalue weighted by Gasteiger charge is 2.04. The fraction of sp³-hybridized carbons (Fsp3) is 0.143. The number of phenolic OH excluding ortho intramolecular Hbond substituents is 1. The molecule has 0 saturated carbocycles. The van der Waals surface area contributed by atoms with Gasteiger partial charge in [-0.1, -0.05) is 47.8 Å². The van der Waals surface area contributed by atoms with Gasteiger partial charge in [0.25, 0.3) is 0 Å². The van der Waals surface area contributed by atoms with E-state index in [0.29, 0.717) is 0 Å². The zero-order chi connectivity index (χ0) is 8.43. The van der Waals surface area contributed by atoms with Gasteiger partial charge < -0.3 is 5.11 Å². The molecule has 60 valence electrons. The van der Waals surface area contributed by atoms with Crippen LogP contribution in [0.1, 0.15) is 5.56 Å². The molecule has 0 aliphatic heterocycles. The SMILES string of the molecule is Oc1cc(Br)c(CBr)c(Br)c1. The molecule has 1 rings (SSSR count). The smallest absolute Gasteiger partial charge is 0.117 e. The Labute approximate surface area is 90.2 Å². The quantitative estimate of drug-likeness (QED) is 0.768. The van der Waals surface area contributed by atoms with Gasteiger partial charge in [0.1, 0.15) is 5.75 Å². The third kappa shape index (κ3) is 2.20. The van der Waals surface area contributed by atoms with Crippen molar-refractivity contribution in [3.63, 3.8) is 0 Å². The molecule has 1 aromatic carbocycles. The Morgan fingerprint density at radius 1 is 1.18 bits per heavy atom. The van der Waals surface area contributed by atoms with Crippen LogP contribution in [0.3, 0.4) is 0 Å². The Hall–Kier alpha value is 0.460. The van der Waals surface area contributed by atoms with Gasteiger partial charge in [-0.15, -0.1) is 0 Å². The fourth-order valence-corrected chi connectivity index (χ4v) is 3.52. The molecule has 0 fully saturated rings. The van der Waals surface area contributed by atoms with Crippen molar-refractivity contribution >= 4 is 47.8 Å². The highest BCUT2D eigenvalue weighted by atomic mass is 79.9. The maximum absolute atomic E-state index is 9.14. The first-order valence-corrected chi connectivity index (χ1v) is 5.58. The van der Waals surface area contributed by atoms with Crippen LogP contribution in [-0.4, -0.2) is 5.11 Å². The van der Waals surface area contributed by atoms with E-state index in [4.69, 9.17) is 5.11 Å². The minimum atomic E-state index is 0.258. The van der Waals surface area contributed by atoms with Crippen molar-refractivity contribution in [2.24, 2.45) is 0 Å². The minimum absolute atomic E-state index is 0.258. The number of aromatic hydroxyl groups is 1. The highest BCUT2D eigenvalue weighted by Crippen LogP contribution is 2.31. The Bertz CT molecular complexity index is 249. The summed E-state index contributed by atoms with van der Waals surface area (Å²) in [5.74, 6) is 0.258. The highest BCUT2D eigenvalue weighted by molar-refractivity contribution is 9.11. The lowest BCUT2D eigenvalue weighted by Crippen LogP contribution is -1.82. The predicted molar refractivity (Wildman–Crippen MR) is 56.1 cm³/mol. The summed E-state index contributed by atoms with van der Waals surface area (Å²) < 4.78 is 1.81. The summed E-state index contributed by atoms with van der Waals surface area (Å²) in [5.41, 5.74) is 1.10. The second-order valence-corrected chi connectivity index (χ2v) is 4.29. The molecule has 0 radical (unpaired) electrons. The van der Waals surface area contributed by atoms with Crippen molar-refractivity contribution in [1.82, 2.24) is 0 Å². The van der Waals surface area contributed by atoms with Crippen LogP contribution >= 0.6 is 47.8 Å². The third-order valence-electron chi connectivity index (χ3n) is 1.26. The number of hydrogen-bond donors (Lipinski definition) is 1. The van der Waals surface area contributed by atoms with Crippen LogP contribution in [0.2, 0.25) is 0 Å². The van der Waals surface area contributed by atoms with Gasteiger partial charge in [0.15, 0.2) is 0 Å². The molecule has 1 aromatic rings. The normalized spacial score (nSPS) is 10.1. The molecule has 1 nitrogen and oxygen atoms in total. The molecule has 0 aliphatic carbocycles. The molecule has 0 amide bonds. The molecule has 0 aliphatic rings. The molecule has 1 N–H and O–H groups in total. The van der Waals surface area contributed by atoms with Gasteiger partial charge in [-0.3, -0.25) is 0 Å². The lowest BCUT2D eigenvalue weighted by Gasteiger charge is -2.03. The number of phenols is 1. The van der Waals surface area contributed by atoms with Gasteiger partial charge in [-0.25, -0.2) is 0 Å². The van der Waals surface area contributed by atoms with Gasteiger partial charge in [0.05, 0.1) is 0 Å². The van der Waals surface area contributed by atoms with Crippen molar-refractivity contribution in [3.8, 4) is 5.75 Å². The minimum Gasteiger partial charge on any atom is -0.508 e. The average molecular weight is 345 g/mol. The fourth-order valence-electron chi connectivity index (χ4n) is 0.717. The Morgan fingerprint density at radius 2 is 1.64 bits per heavy atom. The van der Waals surface area contributed by atoms with Crippen LogP contribution < -0.4 is 0 Å². The van der Waals surface area contributed by atoms with Gasteiger partial charge in [0, 0.05) is 14.3 Å². The zero-order valence-electron chi connectivity index (χ0n) is 5.44. The molecule has 0 atom stereocenters. The van der Waals surface area contributed by atoms with E-state index in [1.54, 1.807) is 12.1 Å². The van der Waals surface area contributed by atoms with Crippen molar-refractivity contribution < 1.29 is 5.11 Å². The molecule has 4 heteroatoms. The molecule has 0 aromatic heterocycles. The van der Waals surface area contributed by atoms with Gasteiger partial charge >= 0.3 is 0 Å². The van der Waals surface area contributed by atoms with E-state index < -0.39 is 0 Å². The summed E-state index contributed by atoms with van der Waals surface area (Å²) in [6, 6.07) is 3.34. The van der Waals surface area contributed by atoms with E-state index >= 15 is 0 Å². The first-order valence-electron chi connectivity index (χ1n) is 2.88. The molecule has 0 saturated heterocycles. The average Bonchev–Trinajstić information content (AvgIpc) is 1.85. The van der Waals surface area contributed by atoms with E-state index in [1.165, 1.54) is 0 Å². The Kier molecular flexibility index (Phi) is 3.40. The van der Waals surface area contributed by atoms with Crippen LogP contribution in [0.25, 0.3) is 0 Å². The summed E-state index contributed by atoms with van der Waals surface area (Å²) in [4.78, 5) is 0. The van der Waals surface area contributed by atoms with E-state index in [0.717, 1.165) is 19.8 Å². The molecule has 0 bridgehead atoms. The monoisotopic (exact) mass is 342 g/mol. The number of hydrogen-bond acceptors (Lipinski definition) is 1. The van der Waals surface area contributed by atoms with Gasteiger partial charge in [-0.2, -0.15) is 0 Å². The summed E-state index contributed by atoms with van der Waals surface area (Å²) in [7, 11) is 0. The molecule has 11 heavy (non-hydrogen) atoms. The van der Waals surface area contributed by atoms with Crippen LogP contribution in [0.5, 0.6) is 5.75 Å². The van der Waals surface area contributed by atoms with E-state index in [1.807, 2.05) is 0 Å². The number of alkyl halides is 1. The summed E-state index contributed by atoms with van der Waals surface area (Å²) >= 11 is 10.0. The predicted octanol–water partition coefficient (Wildman–Crippen LogP) is 3.81. The molecule has 0 unspecified atom stereocenters. The summed E-state index contributed by atoms with van der Waals surface area (Å²) in [6.07, 6.45) is 0. The van der Waals surface area contributed by atoms with Crippen LogP contribution in [0.4, 0.5) is 0 Å². The Balaban J connectivity index is 3.25. The van der Waals surface area contributed by atoms with Crippen LogP contribution in [0, 0.1) is 0 Å². The van der Waals surface area contributed by atoms with Gasteiger partial charge in [-0.05, 0) is 17.7 Å². The van der Waals surface area contributed by atoms with Gasteiger partial charge in [0.2, 0.25) is 0 Å². The number of benzene rings is 1. The lowest BCUT2D eigenvalue weighted by molar-refractivity contribution is 0.474. The standard InChI is InChI=1S/C7H5Br3O/c8-3-5-6(9)1-4(11)2-7(5)10/h1-2,11H,3H2. The number of rotatable bonds is 1. The van der Waals surface area contributed by atoms with Crippen molar-refractivity contribution in [1.29, 1.82) is 0 Å². The maximum atomic E-state index is 9.14. The largest absolute Gasteiger partial charge is 0.508 e. The second kappa shape index (κ2) is 3.92. The van der Waals surface area contributed by atoms with Crippen LogP contribution in [0.15, 0.2) is 21.1 Å². The van der Waals surface area contributed by atoms with E-state index in [-0.39, 0.29) is 5.75 Å². The zero-order valence-corrected chi connectivity index (χ0v) is 10.2. The topological polar surface area (TPSA) is 20.2 Å². The lowest BCUT2D eigenvalue weighted by atomic mass is 10.2. The van der Waals surface area contributed by atoms with E-state index in [9.17, 15) is 0 Å². The summed E-state index contributed by atoms with van der Waals surface area (Å²) in [6.45, 7) is 0. The molecular formula is C7H5Br3O. The van der Waals surface area contributed by atoms with Crippen molar-refractivity contribution in [2.75, 3.05) is 0 Å². The van der Waals surface area contributed by atoms with Crippen molar-refractivity contribution in [3.05, 3.63) is 26.6 Å². The third-order valence-corrected chi connectivity index (χ3v) is 3.24. The van der Waals surface area contributed by atoms with Crippen LogP contribution in [-0.2, 0) is 5.33 Å². The number of halogens is 3. The van der Waals surface area contributed by atoms with Crippen molar-refractivity contribution in [2.45, 2.75) is 5.33 Å². The Morgan fingerprint density at radius 3 is 2.00 bits per heavy atom. The summed E-state index contributed by atoms with van der Waals surface area (Å²) in [5, 5.41) is 9.90. The molecular weight excluding hydrogens is 340 g/mol. The first-order chi connectivity index (χ1) is 5.15. The van der Waals surface area contributed by atoms with E-state index in [2.05, 4.69) is 47.8 Å². The first kappa shape index (κ1) is 9.55. The molecule has 0 heterocycles. The molecule has 0 spiro atoms. The second-order valence-electron chi connectivity index (χ2n) is 2.02.